The van der Waals surface area contributed by atoms with Gasteiger partial charge in [0.05, 0.1) is 9.92 Å². The van der Waals surface area contributed by atoms with Crippen molar-refractivity contribution in [2.75, 3.05) is 24.4 Å². The van der Waals surface area contributed by atoms with E-state index in [-0.39, 0.29) is 21.5 Å². The van der Waals surface area contributed by atoms with E-state index in [0.29, 0.717) is 18.2 Å². The summed E-state index contributed by atoms with van der Waals surface area (Å²) in [5.41, 5.74) is 0.722. The van der Waals surface area contributed by atoms with E-state index in [1.807, 2.05) is 0 Å². The van der Waals surface area contributed by atoms with Gasteiger partial charge >= 0.3 is 0 Å². The summed E-state index contributed by atoms with van der Waals surface area (Å²) in [6, 6.07) is 9.91. The van der Waals surface area contributed by atoms with Crippen molar-refractivity contribution < 1.29 is 17.6 Å². The molecule has 2 aromatic rings. The summed E-state index contributed by atoms with van der Waals surface area (Å²) >= 11 is 5.65. The van der Waals surface area contributed by atoms with Gasteiger partial charge in [0, 0.05) is 30.4 Å². The minimum atomic E-state index is -3.92. The van der Waals surface area contributed by atoms with Crippen molar-refractivity contribution in [3.05, 3.63) is 58.9 Å². The normalized spacial score (nSPS) is 14.1. The van der Waals surface area contributed by atoms with E-state index in [1.165, 1.54) is 25.0 Å². The van der Waals surface area contributed by atoms with Crippen LogP contribution in [0.3, 0.4) is 0 Å². The molecule has 3 rings (SSSR count). The fourth-order valence-electron chi connectivity index (χ4n) is 3.00. The van der Waals surface area contributed by atoms with Crippen LogP contribution in [-0.2, 0) is 10.0 Å². The SMILES string of the molecule is CCN(CCNC(=O)c1ccc(NS(=O)(=O)c2ccc(F)c(Cl)c2)cc1)C1CC1. The van der Waals surface area contributed by atoms with Crippen LogP contribution in [0.5, 0.6) is 0 Å². The molecule has 6 nitrogen and oxygen atoms in total. The zero-order valence-electron chi connectivity index (χ0n) is 16.0. The first-order chi connectivity index (χ1) is 13.8. The van der Waals surface area contributed by atoms with Crippen LogP contribution >= 0.6 is 11.6 Å². The van der Waals surface area contributed by atoms with Gasteiger partial charge < -0.3 is 5.32 Å². The predicted octanol–water partition coefficient (Wildman–Crippen LogP) is 3.49. The highest BCUT2D eigenvalue weighted by atomic mass is 35.5. The number of amides is 1. The lowest BCUT2D eigenvalue weighted by Crippen LogP contribution is -2.36. The molecule has 0 saturated heterocycles. The minimum Gasteiger partial charge on any atom is -0.351 e. The van der Waals surface area contributed by atoms with Crippen molar-refractivity contribution in [2.45, 2.75) is 30.7 Å². The molecule has 1 saturated carbocycles. The predicted molar refractivity (Wildman–Crippen MR) is 111 cm³/mol. The van der Waals surface area contributed by atoms with Crippen LogP contribution in [0.25, 0.3) is 0 Å². The molecule has 0 atom stereocenters. The number of hydrogen-bond acceptors (Lipinski definition) is 4. The van der Waals surface area contributed by atoms with Crippen molar-refractivity contribution in [1.82, 2.24) is 10.2 Å². The van der Waals surface area contributed by atoms with Crippen molar-refractivity contribution in [1.29, 1.82) is 0 Å². The Morgan fingerprint density at radius 3 is 2.48 bits per heavy atom. The largest absolute Gasteiger partial charge is 0.351 e. The topological polar surface area (TPSA) is 78.5 Å². The summed E-state index contributed by atoms with van der Waals surface area (Å²) < 4.78 is 40.4. The lowest BCUT2D eigenvalue weighted by atomic mass is 10.2. The summed E-state index contributed by atoms with van der Waals surface area (Å²) in [7, 11) is -3.92. The van der Waals surface area contributed by atoms with Crippen LogP contribution in [-0.4, -0.2) is 44.9 Å². The zero-order valence-corrected chi connectivity index (χ0v) is 17.6. The van der Waals surface area contributed by atoms with E-state index in [9.17, 15) is 17.6 Å². The highest BCUT2D eigenvalue weighted by Gasteiger charge is 2.27. The molecule has 1 amide bonds. The highest BCUT2D eigenvalue weighted by Crippen LogP contribution is 2.26. The molecule has 1 aliphatic rings. The van der Waals surface area contributed by atoms with E-state index in [2.05, 4.69) is 21.9 Å². The number of nitrogens with zero attached hydrogens (tertiary/aromatic N) is 1. The molecule has 0 spiro atoms. The molecule has 0 bridgehead atoms. The van der Waals surface area contributed by atoms with Gasteiger partial charge in [0.1, 0.15) is 5.82 Å². The Bertz CT molecular complexity index is 979. The number of carbonyl (C=O) groups excluding carboxylic acids is 1. The minimum absolute atomic E-state index is 0.151. The molecule has 0 aromatic heterocycles. The summed E-state index contributed by atoms with van der Waals surface area (Å²) in [4.78, 5) is 14.5. The molecular formula is C20H23ClFN3O3S. The third kappa shape index (κ3) is 5.68. The quantitative estimate of drug-likeness (QED) is 0.626. The number of carbonyl (C=O) groups is 1. The summed E-state index contributed by atoms with van der Waals surface area (Å²) in [5, 5.41) is 2.61. The van der Waals surface area contributed by atoms with E-state index >= 15 is 0 Å². The maximum absolute atomic E-state index is 13.2. The Hall–Kier alpha value is -2.16. The molecule has 1 fully saturated rings. The van der Waals surface area contributed by atoms with Crippen LogP contribution in [0.1, 0.15) is 30.1 Å². The molecule has 156 valence electrons. The Labute approximate surface area is 175 Å². The van der Waals surface area contributed by atoms with E-state index in [1.54, 1.807) is 12.1 Å². The molecule has 0 unspecified atom stereocenters. The number of hydrogen-bond donors (Lipinski definition) is 2. The van der Waals surface area contributed by atoms with Crippen molar-refractivity contribution in [3.63, 3.8) is 0 Å². The standard InChI is InChI=1S/C20H23ClFN3O3S/c1-2-25(16-7-8-16)12-11-23-20(26)14-3-5-15(6-4-14)24-29(27,28)17-9-10-19(22)18(21)13-17/h3-6,9-10,13,16,24H,2,7-8,11-12H2,1H3,(H,23,26). The first-order valence-corrected chi connectivity index (χ1v) is 11.3. The first-order valence-electron chi connectivity index (χ1n) is 9.40. The van der Waals surface area contributed by atoms with Crippen LogP contribution in [0.4, 0.5) is 10.1 Å². The van der Waals surface area contributed by atoms with Crippen molar-refractivity contribution >= 4 is 33.2 Å². The molecule has 29 heavy (non-hydrogen) atoms. The Balaban J connectivity index is 1.57. The van der Waals surface area contributed by atoms with E-state index in [4.69, 9.17) is 11.6 Å². The van der Waals surface area contributed by atoms with Crippen LogP contribution in [0.2, 0.25) is 5.02 Å². The van der Waals surface area contributed by atoms with Crippen LogP contribution < -0.4 is 10.0 Å². The number of anilines is 1. The monoisotopic (exact) mass is 439 g/mol. The highest BCUT2D eigenvalue weighted by molar-refractivity contribution is 7.92. The van der Waals surface area contributed by atoms with Gasteiger partial charge in [-0.3, -0.25) is 14.4 Å². The second kappa shape index (κ2) is 9.11. The molecule has 9 heteroatoms. The van der Waals surface area contributed by atoms with Gasteiger partial charge in [0.2, 0.25) is 0 Å². The second-order valence-corrected chi connectivity index (χ2v) is 8.96. The lowest BCUT2D eigenvalue weighted by Gasteiger charge is -2.19. The van der Waals surface area contributed by atoms with Gasteiger partial charge in [0.15, 0.2) is 0 Å². The second-order valence-electron chi connectivity index (χ2n) is 6.87. The number of halogens is 2. The Morgan fingerprint density at radius 2 is 1.90 bits per heavy atom. The Kier molecular flexibility index (Phi) is 6.77. The summed E-state index contributed by atoms with van der Waals surface area (Å²) in [5.74, 6) is -0.906. The average Bonchev–Trinajstić information content (AvgIpc) is 3.52. The molecule has 1 aliphatic carbocycles. The van der Waals surface area contributed by atoms with Gasteiger partial charge in [-0.15, -0.1) is 0 Å². The number of benzene rings is 2. The maximum atomic E-state index is 13.2. The van der Waals surface area contributed by atoms with Crippen LogP contribution in [0, 0.1) is 5.82 Å². The van der Waals surface area contributed by atoms with E-state index < -0.39 is 15.8 Å². The third-order valence-electron chi connectivity index (χ3n) is 4.75. The number of likely N-dealkylation sites (N-methyl/N-ethyl adjacent to an activating group) is 1. The van der Waals surface area contributed by atoms with Gasteiger partial charge in [0.25, 0.3) is 15.9 Å². The fourth-order valence-corrected chi connectivity index (χ4v) is 4.33. The zero-order chi connectivity index (χ0) is 21.0. The van der Waals surface area contributed by atoms with Gasteiger partial charge in [-0.25, -0.2) is 12.8 Å². The molecular weight excluding hydrogens is 417 g/mol. The molecule has 0 radical (unpaired) electrons. The smallest absolute Gasteiger partial charge is 0.261 e. The van der Waals surface area contributed by atoms with Crippen molar-refractivity contribution in [2.24, 2.45) is 0 Å². The fraction of sp³-hybridized carbons (Fsp3) is 0.350. The molecule has 2 aromatic carbocycles. The van der Waals surface area contributed by atoms with Gasteiger partial charge in [-0.1, -0.05) is 18.5 Å². The summed E-state index contributed by atoms with van der Waals surface area (Å²) in [6.07, 6.45) is 2.45. The van der Waals surface area contributed by atoms with Crippen molar-refractivity contribution in [3.8, 4) is 0 Å². The number of sulfonamides is 1. The number of nitrogens with one attached hydrogen (secondary N) is 2. The van der Waals surface area contributed by atoms with Gasteiger partial charge in [-0.05, 0) is 61.9 Å². The average molecular weight is 440 g/mol. The summed E-state index contributed by atoms with van der Waals surface area (Å²) in [6.45, 7) is 4.45. The van der Waals surface area contributed by atoms with E-state index in [0.717, 1.165) is 31.3 Å². The molecule has 0 aliphatic heterocycles. The Morgan fingerprint density at radius 1 is 1.21 bits per heavy atom. The van der Waals surface area contributed by atoms with Gasteiger partial charge in [-0.2, -0.15) is 0 Å². The first kappa shape index (κ1) is 21.5. The third-order valence-corrected chi connectivity index (χ3v) is 6.42. The molecule has 0 heterocycles. The maximum Gasteiger partial charge on any atom is 0.261 e. The van der Waals surface area contributed by atoms with Crippen LogP contribution in [0.15, 0.2) is 47.4 Å². The number of rotatable bonds is 9. The molecule has 2 N–H and O–H groups in total. The lowest BCUT2D eigenvalue weighted by molar-refractivity contribution is 0.0948.